The Morgan fingerprint density at radius 2 is 2.26 bits per heavy atom. The van der Waals surface area contributed by atoms with Gasteiger partial charge in [-0.2, -0.15) is 0 Å². The zero-order valence-electron chi connectivity index (χ0n) is 13.2. The number of amides is 1. The number of ether oxygens (including phenoxy) is 2. The molecule has 3 rings (SSSR count). The maximum Gasteiger partial charge on any atom is 0.290 e. The van der Waals surface area contributed by atoms with Crippen molar-refractivity contribution in [3.8, 4) is 5.88 Å². The van der Waals surface area contributed by atoms with Gasteiger partial charge in [0.15, 0.2) is 0 Å². The fourth-order valence-electron chi connectivity index (χ4n) is 2.79. The van der Waals surface area contributed by atoms with E-state index in [0.29, 0.717) is 13.2 Å². The van der Waals surface area contributed by atoms with Crippen LogP contribution in [0.1, 0.15) is 35.3 Å². The molecular weight excluding hydrogens is 300 g/mol. The summed E-state index contributed by atoms with van der Waals surface area (Å²) in [6.07, 6.45) is 5.34. The Hall–Kier alpha value is -2.35. The number of rotatable bonds is 5. The Labute approximate surface area is 133 Å². The van der Waals surface area contributed by atoms with Gasteiger partial charge in [-0.05, 0) is 23.9 Å². The van der Waals surface area contributed by atoms with Crippen LogP contribution in [0, 0.1) is 5.92 Å². The molecule has 2 aromatic rings. The van der Waals surface area contributed by atoms with Crippen LogP contribution in [-0.4, -0.2) is 40.9 Å². The van der Waals surface area contributed by atoms with E-state index >= 15 is 0 Å². The second-order valence-electron chi connectivity index (χ2n) is 5.53. The molecule has 1 aliphatic rings. The molecule has 0 saturated carbocycles. The third-order valence-corrected chi connectivity index (χ3v) is 4.08. The summed E-state index contributed by atoms with van der Waals surface area (Å²) < 4.78 is 17.3. The summed E-state index contributed by atoms with van der Waals surface area (Å²) in [5.41, 5.74) is 0. The van der Waals surface area contributed by atoms with Crippen LogP contribution in [0.5, 0.6) is 5.88 Å². The number of nitrogens with zero attached hydrogens (tertiary/aromatic N) is 3. The highest BCUT2D eigenvalue weighted by Crippen LogP contribution is 2.29. The minimum Gasteiger partial charge on any atom is -0.479 e. The fraction of sp³-hybridized carbons (Fsp3) is 0.533. The number of imidazole rings is 1. The Kier molecular flexibility index (Phi) is 4.61. The minimum absolute atomic E-state index is 0.119. The van der Waals surface area contributed by atoms with Gasteiger partial charge in [-0.15, -0.1) is 0 Å². The summed E-state index contributed by atoms with van der Waals surface area (Å²) in [6, 6.07) is 1.26. The van der Waals surface area contributed by atoms with Crippen LogP contribution in [0.25, 0.3) is 0 Å². The largest absolute Gasteiger partial charge is 0.479 e. The lowest BCUT2D eigenvalue weighted by atomic mass is 9.91. The molecule has 1 fully saturated rings. The van der Waals surface area contributed by atoms with Gasteiger partial charge in [0.1, 0.15) is 5.82 Å². The second-order valence-corrected chi connectivity index (χ2v) is 5.53. The molecule has 1 amide bonds. The minimum atomic E-state index is -0.333. The van der Waals surface area contributed by atoms with Gasteiger partial charge in [0.2, 0.25) is 5.76 Å². The Bertz CT molecular complexity index is 660. The van der Waals surface area contributed by atoms with Gasteiger partial charge in [0.25, 0.3) is 11.8 Å². The lowest BCUT2D eigenvalue weighted by Crippen LogP contribution is -2.37. The van der Waals surface area contributed by atoms with Gasteiger partial charge >= 0.3 is 0 Å². The molecular formula is C15H20N4O4. The first-order valence-corrected chi connectivity index (χ1v) is 7.55. The standard InChI is InChI=1S/C15H20N4O4/c1-19-6-5-16-14(19)13(10-3-7-22-8-4-10)17-15(20)11-9-12(21-2)18-23-11/h5-6,9-10,13H,3-4,7-8H2,1-2H3,(H,17,20)/t13-/m0/s1. The molecule has 3 heterocycles. The number of nitrogens with one attached hydrogen (secondary N) is 1. The zero-order valence-corrected chi connectivity index (χ0v) is 13.2. The average Bonchev–Trinajstić information content (AvgIpc) is 3.22. The van der Waals surface area contributed by atoms with Crippen LogP contribution < -0.4 is 10.1 Å². The monoisotopic (exact) mass is 320 g/mol. The van der Waals surface area contributed by atoms with Gasteiger partial charge in [0, 0.05) is 32.7 Å². The van der Waals surface area contributed by atoms with Crippen molar-refractivity contribution in [3.63, 3.8) is 0 Å². The summed E-state index contributed by atoms with van der Waals surface area (Å²) >= 11 is 0. The smallest absolute Gasteiger partial charge is 0.290 e. The van der Waals surface area contributed by atoms with Crippen LogP contribution in [0.15, 0.2) is 23.0 Å². The van der Waals surface area contributed by atoms with Crippen molar-refractivity contribution in [1.29, 1.82) is 0 Å². The highest BCUT2D eigenvalue weighted by Gasteiger charge is 2.30. The number of aromatic nitrogens is 3. The Balaban J connectivity index is 1.80. The molecule has 124 valence electrons. The van der Waals surface area contributed by atoms with Gasteiger partial charge < -0.3 is 23.9 Å². The van der Waals surface area contributed by atoms with E-state index in [4.69, 9.17) is 14.0 Å². The molecule has 8 nitrogen and oxygen atoms in total. The first-order chi connectivity index (χ1) is 11.2. The third kappa shape index (κ3) is 3.37. The third-order valence-electron chi connectivity index (χ3n) is 4.08. The van der Waals surface area contributed by atoms with Crippen LogP contribution in [-0.2, 0) is 11.8 Å². The lowest BCUT2D eigenvalue weighted by molar-refractivity contribution is 0.0493. The highest BCUT2D eigenvalue weighted by atomic mass is 16.5. The van der Waals surface area contributed by atoms with Crippen molar-refractivity contribution >= 4 is 5.91 Å². The van der Waals surface area contributed by atoms with E-state index in [1.807, 2.05) is 17.8 Å². The maximum atomic E-state index is 12.5. The molecule has 23 heavy (non-hydrogen) atoms. The van der Waals surface area contributed by atoms with Gasteiger partial charge in [-0.3, -0.25) is 4.79 Å². The normalized spacial score (nSPS) is 17.0. The van der Waals surface area contributed by atoms with Crippen molar-refractivity contribution in [2.75, 3.05) is 20.3 Å². The van der Waals surface area contributed by atoms with Crippen LogP contribution >= 0.6 is 0 Å². The Morgan fingerprint density at radius 3 is 2.87 bits per heavy atom. The molecule has 0 bridgehead atoms. The predicted molar refractivity (Wildman–Crippen MR) is 80.0 cm³/mol. The van der Waals surface area contributed by atoms with Crippen molar-refractivity contribution in [2.45, 2.75) is 18.9 Å². The number of carbonyl (C=O) groups is 1. The average molecular weight is 320 g/mol. The SMILES string of the molecule is COc1cc(C(=O)N[C@H](c2nccn2C)C2CCOCC2)on1. The van der Waals surface area contributed by atoms with E-state index in [9.17, 15) is 4.79 Å². The molecule has 0 spiro atoms. The number of hydrogen-bond acceptors (Lipinski definition) is 6. The zero-order chi connectivity index (χ0) is 16.2. The first-order valence-electron chi connectivity index (χ1n) is 7.55. The predicted octanol–water partition coefficient (Wildman–Crippen LogP) is 1.31. The number of aryl methyl sites for hydroxylation is 1. The summed E-state index contributed by atoms with van der Waals surface area (Å²) in [5.74, 6) is 1.14. The van der Waals surface area contributed by atoms with E-state index in [1.54, 1.807) is 6.20 Å². The molecule has 1 atom stereocenters. The van der Waals surface area contributed by atoms with E-state index in [1.165, 1.54) is 13.2 Å². The summed E-state index contributed by atoms with van der Waals surface area (Å²) in [6.45, 7) is 1.38. The van der Waals surface area contributed by atoms with E-state index in [-0.39, 0.29) is 29.5 Å². The van der Waals surface area contributed by atoms with Crippen LogP contribution in [0.2, 0.25) is 0 Å². The maximum absolute atomic E-state index is 12.5. The van der Waals surface area contributed by atoms with Crippen molar-refractivity contribution in [1.82, 2.24) is 20.0 Å². The summed E-state index contributed by atoms with van der Waals surface area (Å²) in [7, 11) is 3.39. The number of carbonyl (C=O) groups excluding carboxylic acids is 1. The van der Waals surface area contributed by atoms with Crippen molar-refractivity contribution in [3.05, 3.63) is 30.0 Å². The molecule has 0 aromatic carbocycles. The lowest BCUT2D eigenvalue weighted by Gasteiger charge is -2.30. The van der Waals surface area contributed by atoms with E-state index in [2.05, 4.69) is 15.5 Å². The summed E-state index contributed by atoms with van der Waals surface area (Å²) in [4.78, 5) is 16.9. The molecule has 1 aliphatic heterocycles. The topological polar surface area (TPSA) is 91.4 Å². The molecule has 1 saturated heterocycles. The highest BCUT2D eigenvalue weighted by molar-refractivity contribution is 5.91. The molecule has 0 aliphatic carbocycles. The fourth-order valence-corrected chi connectivity index (χ4v) is 2.79. The number of methoxy groups -OCH3 is 1. The molecule has 2 aromatic heterocycles. The van der Waals surface area contributed by atoms with Gasteiger partial charge in [0.05, 0.1) is 19.2 Å². The van der Waals surface area contributed by atoms with Crippen LogP contribution in [0.4, 0.5) is 0 Å². The quantitative estimate of drug-likeness (QED) is 0.893. The molecule has 1 N–H and O–H groups in total. The molecule has 0 unspecified atom stereocenters. The summed E-state index contributed by atoms with van der Waals surface area (Å²) in [5, 5.41) is 6.67. The first kappa shape index (κ1) is 15.5. The van der Waals surface area contributed by atoms with Crippen molar-refractivity contribution < 1.29 is 18.8 Å². The van der Waals surface area contributed by atoms with Gasteiger partial charge in [-0.1, -0.05) is 0 Å². The second kappa shape index (κ2) is 6.82. The molecule has 0 radical (unpaired) electrons. The molecule has 8 heteroatoms. The van der Waals surface area contributed by atoms with E-state index < -0.39 is 0 Å². The van der Waals surface area contributed by atoms with Crippen LogP contribution in [0.3, 0.4) is 0 Å². The Morgan fingerprint density at radius 1 is 1.48 bits per heavy atom. The number of hydrogen-bond donors (Lipinski definition) is 1. The van der Waals surface area contributed by atoms with E-state index in [0.717, 1.165) is 18.7 Å². The van der Waals surface area contributed by atoms with Crippen molar-refractivity contribution in [2.24, 2.45) is 13.0 Å². The van der Waals surface area contributed by atoms with Gasteiger partial charge in [-0.25, -0.2) is 4.98 Å².